The molecule has 1 atom stereocenters. The monoisotopic (exact) mass is 215 g/mol. The van der Waals surface area contributed by atoms with E-state index in [1.807, 2.05) is 6.92 Å². The Balaban J connectivity index is 2.39. The third kappa shape index (κ3) is 5.00. The molecule has 0 bridgehead atoms. The molecule has 0 aromatic heterocycles. The Morgan fingerprint density at radius 2 is 2.00 bits per heavy atom. The lowest BCUT2D eigenvalue weighted by atomic mass is 10.0. The molecule has 0 radical (unpaired) electrons. The van der Waals surface area contributed by atoms with Crippen LogP contribution in [0, 0.1) is 11.8 Å². The number of benzene rings is 1. The lowest BCUT2D eigenvalue weighted by molar-refractivity contribution is 0.503. The fourth-order valence-electron chi connectivity index (χ4n) is 1.78. The Bertz CT molecular complexity index is 331. The second-order valence-corrected chi connectivity index (χ2v) is 3.91. The third-order valence-electron chi connectivity index (χ3n) is 2.64. The van der Waals surface area contributed by atoms with Crippen molar-refractivity contribution in [3.05, 3.63) is 35.9 Å². The van der Waals surface area contributed by atoms with Crippen LogP contribution in [0.5, 0.6) is 0 Å². The molecule has 0 fully saturated rings. The van der Waals surface area contributed by atoms with Crippen molar-refractivity contribution in [3.63, 3.8) is 0 Å². The smallest absolute Gasteiger partial charge is 0.0243 e. The molecule has 16 heavy (non-hydrogen) atoms. The molecule has 0 amide bonds. The maximum Gasteiger partial charge on any atom is 0.0243 e. The summed E-state index contributed by atoms with van der Waals surface area (Å²) in [6, 6.07) is 11.2. The van der Waals surface area contributed by atoms with Gasteiger partial charge in [0.15, 0.2) is 0 Å². The van der Waals surface area contributed by atoms with Crippen molar-refractivity contribution in [1.29, 1.82) is 0 Å². The van der Waals surface area contributed by atoms with Crippen LogP contribution in [0.1, 0.15) is 32.3 Å². The van der Waals surface area contributed by atoms with Crippen LogP contribution in [0.25, 0.3) is 0 Å². The first kappa shape index (κ1) is 12.8. The maximum absolute atomic E-state index is 3.49. The van der Waals surface area contributed by atoms with Gasteiger partial charge in [0.25, 0.3) is 0 Å². The summed E-state index contributed by atoms with van der Waals surface area (Å²) in [7, 11) is 0. The van der Waals surface area contributed by atoms with E-state index in [0.717, 1.165) is 25.8 Å². The van der Waals surface area contributed by atoms with Gasteiger partial charge in [-0.15, -0.1) is 11.8 Å². The number of hydrogen-bond donors (Lipinski definition) is 1. The Morgan fingerprint density at radius 3 is 2.62 bits per heavy atom. The first-order chi connectivity index (χ1) is 7.86. The molecule has 1 unspecified atom stereocenters. The minimum absolute atomic E-state index is 0.526. The van der Waals surface area contributed by atoms with Crippen LogP contribution in [-0.4, -0.2) is 12.6 Å². The molecule has 1 rings (SSSR count). The van der Waals surface area contributed by atoms with Crippen LogP contribution in [0.15, 0.2) is 30.3 Å². The van der Waals surface area contributed by atoms with Gasteiger partial charge in [0.2, 0.25) is 0 Å². The molecule has 86 valence electrons. The highest BCUT2D eigenvalue weighted by Crippen LogP contribution is 2.06. The topological polar surface area (TPSA) is 12.0 Å². The zero-order valence-electron chi connectivity index (χ0n) is 10.3. The van der Waals surface area contributed by atoms with Gasteiger partial charge in [-0.3, -0.25) is 0 Å². The normalized spacial score (nSPS) is 11.6. The summed E-state index contributed by atoms with van der Waals surface area (Å²) in [5, 5.41) is 3.49. The molecule has 0 aliphatic carbocycles. The van der Waals surface area contributed by atoms with E-state index in [1.54, 1.807) is 0 Å². The highest BCUT2D eigenvalue weighted by atomic mass is 14.9. The van der Waals surface area contributed by atoms with E-state index in [-0.39, 0.29) is 0 Å². The summed E-state index contributed by atoms with van der Waals surface area (Å²) < 4.78 is 0. The molecular formula is C15H21N. The largest absolute Gasteiger partial charge is 0.313 e. The predicted molar refractivity (Wildman–Crippen MR) is 70.3 cm³/mol. The molecule has 1 nitrogen and oxygen atoms in total. The van der Waals surface area contributed by atoms with E-state index < -0.39 is 0 Å². The molecule has 0 saturated carbocycles. The summed E-state index contributed by atoms with van der Waals surface area (Å²) in [6.07, 6.45) is 3.24. The minimum atomic E-state index is 0.526. The van der Waals surface area contributed by atoms with Crippen molar-refractivity contribution < 1.29 is 0 Å². The van der Waals surface area contributed by atoms with Gasteiger partial charge in [-0.25, -0.2) is 0 Å². The number of rotatable bonds is 6. The molecule has 1 N–H and O–H groups in total. The number of nitrogens with one attached hydrogen (secondary N) is 1. The van der Waals surface area contributed by atoms with Crippen LogP contribution < -0.4 is 5.32 Å². The second kappa shape index (κ2) is 7.96. The van der Waals surface area contributed by atoms with E-state index in [9.17, 15) is 0 Å². The summed E-state index contributed by atoms with van der Waals surface area (Å²) in [4.78, 5) is 0. The fourth-order valence-corrected chi connectivity index (χ4v) is 1.78. The van der Waals surface area contributed by atoms with Crippen molar-refractivity contribution >= 4 is 0 Å². The highest BCUT2D eigenvalue weighted by Gasteiger charge is 2.05. The van der Waals surface area contributed by atoms with E-state index in [4.69, 9.17) is 0 Å². The first-order valence-electron chi connectivity index (χ1n) is 6.03. The van der Waals surface area contributed by atoms with Crippen molar-refractivity contribution in [2.75, 3.05) is 6.54 Å². The lowest BCUT2D eigenvalue weighted by Gasteiger charge is -2.14. The third-order valence-corrected chi connectivity index (χ3v) is 2.64. The number of aryl methyl sites for hydroxylation is 1. The Labute approximate surface area is 99.3 Å². The zero-order chi connectivity index (χ0) is 11.6. The van der Waals surface area contributed by atoms with Gasteiger partial charge in [0, 0.05) is 12.5 Å². The quantitative estimate of drug-likeness (QED) is 0.719. The summed E-state index contributed by atoms with van der Waals surface area (Å²) in [5.74, 6) is 6.12. The molecule has 0 spiro atoms. The van der Waals surface area contributed by atoms with Crippen LogP contribution in [0.4, 0.5) is 0 Å². The van der Waals surface area contributed by atoms with E-state index in [2.05, 4.69) is 54.4 Å². The molecular weight excluding hydrogens is 194 g/mol. The van der Waals surface area contributed by atoms with E-state index in [0.29, 0.717) is 6.04 Å². The molecule has 1 heteroatoms. The Hall–Kier alpha value is -1.26. The first-order valence-corrected chi connectivity index (χ1v) is 6.03. The van der Waals surface area contributed by atoms with Gasteiger partial charge >= 0.3 is 0 Å². The summed E-state index contributed by atoms with van der Waals surface area (Å²) in [5.41, 5.74) is 1.41. The summed E-state index contributed by atoms with van der Waals surface area (Å²) >= 11 is 0. The SMILES string of the molecule is CC#CCC(CCc1ccccc1)NCC. The van der Waals surface area contributed by atoms with Gasteiger partial charge in [0.1, 0.15) is 0 Å². The van der Waals surface area contributed by atoms with Gasteiger partial charge in [0.05, 0.1) is 0 Å². The average Bonchev–Trinajstić information content (AvgIpc) is 2.34. The average molecular weight is 215 g/mol. The van der Waals surface area contributed by atoms with E-state index in [1.165, 1.54) is 5.56 Å². The highest BCUT2D eigenvalue weighted by molar-refractivity contribution is 5.15. The van der Waals surface area contributed by atoms with E-state index >= 15 is 0 Å². The van der Waals surface area contributed by atoms with Gasteiger partial charge in [-0.1, -0.05) is 37.3 Å². The molecule has 1 aromatic rings. The molecule has 0 saturated heterocycles. The zero-order valence-corrected chi connectivity index (χ0v) is 10.3. The maximum atomic E-state index is 3.49. The van der Waals surface area contributed by atoms with Crippen molar-refractivity contribution in [3.8, 4) is 11.8 Å². The fraction of sp³-hybridized carbons (Fsp3) is 0.467. The van der Waals surface area contributed by atoms with Crippen LogP contribution in [0.3, 0.4) is 0 Å². The number of hydrogen-bond acceptors (Lipinski definition) is 1. The second-order valence-electron chi connectivity index (χ2n) is 3.91. The van der Waals surface area contributed by atoms with Gasteiger partial charge in [-0.2, -0.15) is 0 Å². The Morgan fingerprint density at radius 1 is 1.25 bits per heavy atom. The van der Waals surface area contributed by atoms with Crippen LogP contribution in [0.2, 0.25) is 0 Å². The molecule has 1 aromatic carbocycles. The van der Waals surface area contributed by atoms with Crippen molar-refractivity contribution in [2.24, 2.45) is 0 Å². The molecule has 0 aliphatic rings. The van der Waals surface area contributed by atoms with Crippen LogP contribution in [-0.2, 0) is 6.42 Å². The predicted octanol–water partition coefficient (Wildman–Crippen LogP) is 3.01. The minimum Gasteiger partial charge on any atom is -0.313 e. The Kier molecular flexibility index (Phi) is 6.37. The molecule has 0 heterocycles. The lowest BCUT2D eigenvalue weighted by Crippen LogP contribution is -2.28. The standard InChI is InChI=1S/C15H21N/c1-3-5-11-15(16-4-2)13-12-14-9-7-6-8-10-14/h6-10,15-16H,4,11-13H2,1-2H3. The van der Waals surface area contributed by atoms with Gasteiger partial charge in [-0.05, 0) is 31.9 Å². The van der Waals surface area contributed by atoms with Crippen molar-refractivity contribution in [1.82, 2.24) is 5.32 Å². The molecule has 0 aliphatic heterocycles. The van der Waals surface area contributed by atoms with Crippen molar-refractivity contribution in [2.45, 2.75) is 39.2 Å². The summed E-state index contributed by atoms with van der Waals surface area (Å²) in [6.45, 7) is 5.07. The van der Waals surface area contributed by atoms with Crippen LogP contribution >= 0.6 is 0 Å². The van der Waals surface area contributed by atoms with Gasteiger partial charge < -0.3 is 5.32 Å².